The Morgan fingerprint density at radius 1 is 0.417 bits per heavy atom. The number of carbonyl (C=O) groups is 2. The molecule has 10 heterocycles. The predicted molar refractivity (Wildman–Crippen MR) is 515 cm³/mol. The van der Waals surface area contributed by atoms with Gasteiger partial charge in [-0.1, -0.05) is 237 Å². The summed E-state index contributed by atoms with van der Waals surface area (Å²) in [5.41, 5.74) is 15.8. The Bertz CT molecular complexity index is 6520. The van der Waals surface area contributed by atoms with Crippen LogP contribution in [0.25, 0.3) is 77.4 Å². The fourth-order valence-electron chi connectivity index (χ4n) is 12.5. The number of nitro benzene ring substituents is 2. The first-order chi connectivity index (χ1) is 62.2. The van der Waals surface area contributed by atoms with Crippen LogP contribution in [-0.2, 0) is 20.6 Å². The van der Waals surface area contributed by atoms with Crippen LogP contribution >= 0.6 is 73.5 Å². The van der Waals surface area contributed by atoms with Gasteiger partial charge in [-0.3, -0.25) is 60.4 Å². The van der Waals surface area contributed by atoms with Crippen LogP contribution < -0.4 is 48.3 Å². The van der Waals surface area contributed by atoms with Crippen molar-refractivity contribution in [2.24, 2.45) is 0 Å². The zero-order chi connectivity index (χ0) is 88.9. The Balaban J connectivity index is 0.000000134. The number of fused-ring (bicyclic) bond motifs is 4. The van der Waals surface area contributed by atoms with Gasteiger partial charge in [-0.05, 0) is 141 Å². The second-order valence-electron chi connectivity index (χ2n) is 26.2. The number of carbonyl (C=O) groups excluding carboxylic acids is 1. The summed E-state index contributed by atoms with van der Waals surface area (Å²) >= 11 is 5.75. The standard InChI is InChI=1S/2C18H15P.C17H12N4OS.C12H8N4O2.C12H10N4.C7H4BrN3O2.C5H4BNO.C5H4O2S.2ClH.Pd/c2*1-4-10-16(11-5-1)19(17-12-6-2-7-13-17)18-14-8-3-9-15-18;22-17(14-5-2-10-23-14)19-13-4-1-3-12-15(20-21-16(12)13)11-6-8-18-9-7-11;17-16(18)10-3-1-2-9-11(14-15-12(9)10)8-4-6-13-7-5-8;13-10-3-1-2-9-11(15-16-12(9)10)8-4-6-14-7-5-8;8-7-4-2-1-3-5(11(12)13)6(4)9-10-7;8-6-5-1-3-7-4-2-5;6-5(7)4-2-1-3-8-4;;;/h2*1-15H;1-10H,(H,19,22)(H,20,21);1-7H,(H,14,15);1-7H,13H2,(H,15,16);1-3H,(H,9,10);1-4H;1-3H,(H,6,7);2*1H;/q;;;;;;;;;;+2/p-2. The van der Waals surface area contributed by atoms with Crippen LogP contribution in [-0.4, -0.2) is 94.7 Å². The molecule has 0 aliphatic rings. The van der Waals surface area contributed by atoms with E-state index in [4.69, 9.17) is 29.9 Å². The van der Waals surface area contributed by atoms with Gasteiger partial charge in [-0.2, -0.15) is 20.4 Å². The molecule has 10 aromatic heterocycles. The molecule has 0 saturated heterocycles. The van der Waals surface area contributed by atoms with Gasteiger partial charge in [0.25, 0.3) is 17.3 Å². The number of halogens is 3. The molecule has 20 rings (SSSR count). The zero-order valence-corrected chi connectivity index (χ0v) is 74.6. The number of carboxylic acid groups (broad SMARTS) is 1. The third-order valence-corrected chi connectivity index (χ3v) is 25.5. The minimum atomic E-state index is -0.847. The minimum Gasteiger partial charge on any atom is -0.0622 e. The van der Waals surface area contributed by atoms with Crippen molar-refractivity contribution in [3.05, 3.63) is 423 Å². The number of aromatic nitrogens is 12. The molecule has 33 heteroatoms. The van der Waals surface area contributed by atoms with Gasteiger partial charge in [-0.25, -0.2) is 4.79 Å². The number of amides is 1. The number of nitrogens with one attached hydrogen (secondary N) is 5. The van der Waals surface area contributed by atoms with Gasteiger partial charge in [0, 0.05) is 87.5 Å². The molecule has 0 fully saturated rings. The van der Waals surface area contributed by atoms with Crippen LogP contribution in [0.4, 0.5) is 22.7 Å². The number of carboxylic acids is 1. The van der Waals surface area contributed by atoms with Crippen LogP contribution in [0.3, 0.4) is 0 Å². The number of H-pyrrole nitrogens is 4. The largest absolute Gasteiger partial charge is 0.0622 e. The second kappa shape index (κ2) is 48.4. The third kappa shape index (κ3) is 25.6. The second-order valence-corrected chi connectivity index (χ2v) is 35.7. The van der Waals surface area contributed by atoms with Gasteiger partial charge >= 0.3 is 87.8 Å². The Morgan fingerprint density at radius 2 is 0.772 bits per heavy atom. The Hall–Kier alpha value is -13.9. The molecule has 10 aromatic carbocycles. The molecule has 0 spiro atoms. The van der Waals surface area contributed by atoms with Crippen LogP contribution in [0.5, 0.6) is 0 Å². The predicted octanol–water partition coefficient (Wildman–Crippen LogP) is 20.4. The fraction of sp³-hybridized carbons (Fsp3) is 0. The molecule has 0 unspecified atom stereocenters. The molecule has 8 N–H and O–H groups in total. The molecule has 0 aliphatic carbocycles. The number of hydrogen-bond donors (Lipinski definition) is 7. The van der Waals surface area contributed by atoms with Crippen molar-refractivity contribution >= 4 is 196 Å². The molecule has 127 heavy (non-hydrogen) atoms. The molecule has 20 aromatic rings. The van der Waals surface area contributed by atoms with Gasteiger partial charge in [0.15, 0.2) is 11.0 Å². The van der Waals surface area contributed by atoms with E-state index in [9.17, 15) is 34.5 Å². The summed E-state index contributed by atoms with van der Waals surface area (Å²) in [6.07, 6.45) is 13.5. The van der Waals surface area contributed by atoms with E-state index in [0.717, 1.165) is 68.1 Å². The number of aromatic amines is 4. The van der Waals surface area contributed by atoms with E-state index in [1.165, 1.54) is 66.6 Å². The summed E-state index contributed by atoms with van der Waals surface area (Å²) < 4.78 is 10.6. The molecule has 0 radical (unpaired) electrons. The molecule has 0 atom stereocenters. The van der Waals surface area contributed by atoms with Crippen LogP contribution in [0.15, 0.2) is 393 Å². The minimum absolute atomic E-state index is 0.00376. The van der Waals surface area contributed by atoms with Crippen molar-refractivity contribution < 1.29 is 45.2 Å². The summed E-state index contributed by atoms with van der Waals surface area (Å²) in [6, 6.07) is 108. The maximum atomic E-state index is 12.3. The van der Waals surface area contributed by atoms with E-state index in [0.29, 0.717) is 47.6 Å². The molecular weight excluding hydrogens is 1880 g/mol. The molecule has 24 nitrogen and oxygen atoms in total. The van der Waals surface area contributed by atoms with Crippen molar-refractivity contribution in [3.63, 3.8) is 0 Å². The third-order valence-electron chi connectivity index (χ3n) is 18.2. The van der Waals surface area contributed by atoms with Gasteiger partial charge < -0.3 is 16.2 Å². The van der Waals surface area contributed by atoms with Crippen molar-refractivity contribution in [1.82, 2.24) is 60.7 Å². The molecule has 1 amide bonds. The average molecular weight is 1950 g/mol. The summed E-state index contributed by atoms with van der Waals surface area (Å²) in [7, 11) is 9.53. The smallest absolute Gasteiger partial charge is 0.0134 e. The summed E-state index contributed by atoms with van der Waals surface area (Å²) in [6.45, 7) is 0. The van der Waals surface area contributed by atoms with E-state index in [1.807, 2.05) is 90.3 Å². The van der Waals surface area contributed by atoms with E-state index in [2.05, 4.69) is 264 Å². The first-order valence-corrected chi connectivity index (χ1v) is 47.4. The normalized spacial score (nSPS) is 10.3. The number of anilines is 2. The van der Waals surface area contributed by atoms with Crippen LogP contribution in [0, 0.1) is 20.2 Å². The van der Waals surface area contributed by atoms with Gasteiger partial charge in [0.05, 0.1) is 42.8 Å². The number of nitro groups is 2. The Morgan fingerprint density at radius 3 is 1.16 bits per heavy atom. The summed E-state index contributed by atoms with van der Waals surface area (Å²) in [4.78, 5) is 59.7. The number of nitrogens with zero attached hydrogens (tertiary/aromatic N) is 10. The topological polar surface area (TPSA) is 362 Å². The van der Waals surface area contributed by atoms with Gasteiger partial charge in [0.1, 0.15) is 20.9 Å². The number of nitrogen functional groups attached to an aromatic ring is 1. The van der Waals surface area contributed by atoms with E-state index in [1.54, 1.807) is 103 Å². The number of thiophene rings is 2. The van der Waals surface area contributed by atoms with E-state index in [-0.39, 0.29) is 33.2 Å². The Kier molecular flexibility index (Phi) is 35.1. The first kappa shape index (κ1) is 92.3. The van der Waals surface area contributed by atoms with Crippen molar-refractivity contribution in [1.29, 1.82) is 0 Å². The van der Waals surface area contributed by atoms with E-state index >= 15 is 0 Å². The maximum Gasteiger partial charge on any atom is -0.0134 e. The Labute approximate surface area is 763 Å². The van der Waals surface area contributed by atoms with Crippen molar-refractivity contribution in [3.8, 4) is 33.8 Å². The summed E-state index contributed by atoms with van der Waals surface area (Å²) in [5.74, 6) is -0.965. The molecule has 0 bridgehead atoms. The van der Waals surface area contributed by atoms with Crippen LogP contribution in [0.2, 0.25) is 0 Å². The fourth-order valence-corrected chi connectivity index (χ4v) is 18.7. The SMILES string of the molecule is Nc1cccc2c(-c3ccncc3)n[nH]c12.O=Bc1ccncc1.O=C(Nc1cccc2c(-c3ccncc3)n[nH]c12)c1cccs1.O=C(O)c1cccs1.O=[N+]([O-])c1cccc2c(-c3ccncc3)[nH]nc12.O=[N+]([O-])c1cccc2c(Br)[nH]nc12.[Cl][Pd][Cl].c1ccc(P(c2ccccc2)c2ccccc2)cc1.c1ccc(P(c2ccccc2)c2ccccc2)cc1. The maximum absolute atomic E-state index is 12.3. The van der Waals surface area contributed by atoms with Crippen molar-refractivity contribution in [2.75, 3.05) is 11.1 Å². The monoisotopic (exact) mass is 1940 g/mol. The van der Waals surface area contributed by atoms with E-state index < -0.39 is 31.7 Å². The number of pyridine rings is 4. The van der Waals surface area contributed by atoms with Gasteiger partial charge in [-0.15, -0.1) is 22.7 Å². The number of para-hydroxylation sites is 4. The van der Waals surface area contributed by atoms with Crippen LogP contribution in [0.1, 0.15) is 19.3 Å². The van der Waals surface area contributed by atoms with Gasteiger partial charge in [0.2, 0.25) is 0 Å². The zero-order valence-electron chi connectivity index (χ0n) is 66.5. The number of nitrogens with two attached hydrogens (primary N) is 1. The summed E-state index contributed by atoms with van der Waals surface area (Å²) in [5, 5.41) is 76.1. The quantitative estimate of drug-likeness (QED) is 0.0165. The number of hydrogen-bond acceptors (Lipinski definition) is 18. The molecule has 0 saturated carbocycles. The average Bonchev–Trinajstić information content (AvgIpc) is 1.59. The number of aromatic carboxylic acids is 1. The molecule has 632 valence electrons. The molecular formula is C94H72BBrCl2N16O8P2PdS2. The number of benzene rings is 10. The number of rotatable bonds is 15. The first-order valence-electron chi connectivity index (χ1n) is 38.2. The van der Waals surface area contributed by atoms with Crippen molar-refractivity contribution in [2.45, 2.75) is 0 Å². The molecule has 0 aliphatic heterocycles. The number of non-ortho nitro benzene ring substituents is 2.